The lowest BCUT2D eigenvalue weighted by Gasteiger charge is -2.31. The van der Waals surface area contributed by atoms with Crippen molar-refractivity contribution in [2.75, 3.05) is 6.61 Å². The Morgan fingerprint density at radius 2 is 1.91 bits per heavy atom. The Balaban J connectivity index is 1.98. The van der Waals surface area contributed by atoms with Gasteiger partial charge >= 0.3 is 0 Å². The summed E-state index contributed by atoms with van der Waals surface area (Å²) in [5.74, 6) is -0.218. The van der Waals surface area contributed by atoms with Crippen molar-refractivity contribution < 1.29 is 9.47 Å². The lowest BCUT2D eigenvalue weighted by Crippen LogP contribution is -2.32. The Kier molecular flexibility index (Phi) is 1.90. The second-order valence-corrected chi connectivity index (χ2v) is 3.52. The molecule has 63 valence electrons. The third kappa shape index (κ3) is 1.42. The second-order valence-electron chi connectivity index (χ2n) is 3.52. The first kappa shape index (κ1) is 7.56. The molecule has 1 radical (unpaired) electrons. The van der Waals surface area contributed by atoms with Gasteiger partial charge in [0.15, 0.2) is 5.79 Å². The maximum Gasteiger partial charge on any atom is 0.168 e. The van der Waals surface area contributed by atoms with Crippen molar-refractivity contribution in [1.82, 2.24) is 0 Å². The fourth-order valence-electron chi connectivity index (χ4n) is 1.97. The van der Waals surface area contributed by atoms with Crippen LogP contribution in [-0.2, 0) is 9.47 Å². The maximum atomic E-state index is 5.66. The highest BCUT2D eigenvalue weighted by Crippen LogP contribution is 2.37. The van der Waals surface area contributed by atoms with Gasteiger partial charge in [-0.15, -0.1) is 0 Å². The maximum absolute atomic E-state index is 5.66. The molecule has 0 N–H and O–H groups in total. The zero-order chi connectivity index (χ0) is 7.73. The van der Waals surface area contributed by atoms with E-state index in [1.54, 1.807) is 0 Å². The Morgan fingerprint density at radius 1 is 1.18 bits per heavy atom. The summed E-state index contributed by atoms with van der Waals surface area (Å²) in [6.07, 6.45) is 6.02. The molecule has 1 unspecified atom stereocenters. The van der Waals surface area contributed by atoms with Gasteiger partial charge in [-0.3, -0.25) is 0 Å². The fraction of sp³-hybridized carbons (Fsp3) is 0.889. The summed E-state index contributed by atoms with van der Waals surface area (Å²) in [6, 6.07) is 0. The summed E-state index contributed by atoms with van der Waals surface area (Å²) in [6.45, 7) is 4.52. The first-order chi connectivity index (χ1) is 5.31. The molecule has 0 bridgehead atoms. The van der Waals surface area contributed by atoms with E-state index in [0.717, 1.165) is 12.8 Å². The second kappa shape index (κ2) is 2.76. The Labute approximate surface area is 67.9 Å². The predicted molar refractivity (Wildman–Crippen MR) is 42.0 cm³/mol. The standard InChI is InChI=1S/C9H15O2/c1-8-7-10-9(11-8)5-3-2-4-6-9/h8H,1-7H2. The first-order valence-corrected chi connectivity index (χ1v) is 4.46. The normalized spacial score (nSPS) is 36.3. The first-order valence-electron chi connectivity index (χ1n) is 4.46. The molecular formula is C9H15O2. The van der Waals surface area contributed by atoms with E-state index in [1.807, 2.05) is 0 Å². The SMILES string of the molecule is [CH2]C1COC2(CCCCC2)O1. The molecule has 0 aromatic rings. The van der Waals surface area contributed by atoms with Crippen LogP contribution in [0.3, 0.4) is 0 Å². The molecule has 1 aliphatic heterocycles. The zero-order valence-corrected chi connectivity index (χ0v) is 6.84. The summed E-state index contributed by atoms with van der Waals surface area (Å²) < 4.78 is 11.3. The van der Waals surface area contributed by atoms with Crippen LogP contribution in [0.1, 0.15) is 32.1 Å². The topological polar surface area (TPSA) is 18.5 Å². The highest BCUT2D eigenvalue weighted by atomic mass is 16.7. The van der Waals surface area contributed by atoms with Crippen molar-refractivity contribution in [2.24, 2.45) is 0 Å². The molecule has 2 heteroatoms. The highest BCUT2D eigenvalue weighted by Gasteiger charge is 2.40. The molecule has 1 saturated heterocycles. The molecule has 0 amide bonds. The number of hydrogen-bond donors (Lipinski definition) is 0. The summed E-state index contributed by atoms with van der Waals surface area (Å²) in [5.41, 5.74) is 0. The van der Waals surface area contributed by atoms with Crippen molar-refractivity contribution in [3.8, 4) is 0 Å². The fourth-order valence-corrected chi connectivity index (χ4v) is 1.97. The van der Waals surface area contributed by atoms with Crippen molar-refractivity contribution in [3.63, 3.8) is 0 Å². The Bertz CT molecular complexity index is 133. The van der Waals surface area contributed by atoms with E-state index in [2.05, 4.69) is 6.92 Å². The van der Waals surface area contributed by atoms with Crippen LogP contribution in [0.15, 0.2) is 0 Å². The van der Waals surface area contributed by atoms with Crippen molar-refractivity contribution in [3.05, 3.63) is 6.92 Å². The van der Waals surface area contributed by atoms with E-state index >= 15 is 0 Å². The molecule has 0 aromatic heterocycles. The van der Waals surface area contributed by atoms with Crippen molar-refractivity contribution in [1.29, 1.82) is 0 Å². The molecule has 1 saturated carbocycles. The van der Waals surface area contributed by atoms with Gasteiger partial charge in [0.1, 0.15) is 0 Å². The van der Waals surface area contributed by atoms with Crippen LogP contribution in [0.5, 0.6) is 0 Å². The Hall–Kier alpha value is -0.0800. The summed E-state index contributed by atoms with van der Waals surface area (Å²) in [4.78, 5) is 0. The quantitative estimate of drug-likeness (QED) is 0.532. The van der Waals surface area contributed by atoms with E-state index in [9.17, 15) is 0 Å². The van der Waals surface area contributed by atoms with Gasteiger partial charge in [0.2, 0.25) is 0 Å². The van der Waals surface area contributed by atoms with Gasteiger partial charge in [0, 0.05) is 12.8 Å². The third-order valence-corrected chi connectivity index (χ3v) is 2.53. The lowest BCUT2D eigenvalue weighted by molar-refractivity contribution is -0.183. The van der Waals surface area contributed by atoms with E-state index in [0.29, 0.717) is 6.61 Å². The van der Waals surface area contributed by atoms with Gasteiger partial charge in [-0.05, 0) is 19.8 Å². The molecule has 11 heavy (non-hydrogen) atoms. The van der Waals surface area contributed by atoms with E-state index < -0.39 is 0 Å². The van der Waals surface area contributed by atoms with Gasteiger partial charge in [-0.1, -0.05) is 6.42 Å². The smallest absolute Gasteiger partial charge is 0.168 e. The summed E-state index contributed by atoms with van der Waals surface area (Å²) in [5, 5.41) is 0. The molecule has 1 aliphatic carbocycles. The lowest BCUT2D eigenvalue weighted by atomic mass is 9.94. The van der Waals surface area contributed by atoms with Crippen LogP contribution in [0, 0.1) is 6.92 Å². The minimum Gasteiger partial charge on any atom is -0.347 e. The van der Waals surface area contributed by atoms with Crippen LogP contribution in [-0.4, -0.2) is 18.5 Å². The Morgan fingerprint density at radius 3 is 2.45 bits per heavy atom. The van der Waals surface area contributed by atoms with Crippen LogP contribution < -0.4 is 0 Å². The van der Waals surface area contributed by atoms with E-state index in [1.165, 1.54) is 19.3 Å². The largest absolute Gasteiger partial charge is 0.347 e. The van der Waals surface area contributed by atoms with E-state index in [4.69, 9.17) is 9.47 Å². The van der Waals surface area contributed by atoms with Crippen LogP contribution in [0.2, 0.25) is 0 Å². The molecule has 2 fully saturated rings. The van der Waals surface area contributed by atoms with Crippen LogP contribution >= 0.6 is 0 Å². The molecular weight excluding hydrogens is 140 g/mol. The average Bonchev–Trinajstić information content (AvgIpc) is 2.34. The summed E-state index contributed by atoms with van der Waals surface area (Å²) in [7, 11) is 0. The predicted octanol–water partition coefficient (Wildman–Crippen LogP) is 1.90. The molecule has 1 spiro atoms. The molecule has 2 aliphatic rings. The molecule has 1 atom stereocenters. The van der Waals surface area contributed by atoms with Gasteiger partial charge in [-0.25, -0.2) is 0 Å². The minimum absolute atomic E-state index is 0.0631. The zero-order valence-electron chi connectivity index (χ0n) is 6.84. The minimum atomic E-state index is -0.218. The van der Waals surface area contributed by atoms with E-state index in [-0.39, 0.29) is 11.9 Å². The highest BCUT2D eigenvalue weighted by molar-refractivity contribution is 4.82. The van der Waals surface area contributed by atoms with Gasteiger partial charge < -0.3 is 9.47 Å². The van der Waals surface area contributed by atoms with Gasteiger partial charge in [0.05, 0.1) is 12.7 Å². The molecule has 2 nitrogen and oxygen atoms in total. The van der Waals surface area contributed by atoms with Crippen molar-refractivity contribution in [2.45, 2.75) is 44.0 Å². The summed E-state index contributed by atoms with van der Waals surface area (Å²) >= 11 is 0. The number of hydrogen-bond acceptors (Lipinski definition) is 2. The molecule has 2 rings (SSSR count). The number of ether oxygens (including phenoxy) is 2. The van der Waals surface area contributed by atoms with Crippen molar-refractivity contribution >= 4 is 0 Å². The van der Waals surface area contributed by atoms with Gasteiger partial charge in [0.25, 0.3) is 0 Å². The number of rotatable bonds is 0. The molecule has 0 aromatic carbocycles. The average molecular weight is 155 g/mol. The third-order valence-electron chi connectivity index (χ3n) is 2.53. The monoisotopic (exact) mass is 155 g/mol. The molecule has 1 heterocycles. The van der Waals surface area contributed by atoms with Gasteiger partial charge in [-0.2, -0.15) is 0 Å². The van der Waals surface area contributed by atoms with Crippen LogP contribution in [0.4, 0.5) is 0 Å². The van der Waals surface area contributed by atoms with Crippen LogP contribution in [0.25, 0.3) is 0 Å².